The fraction of sp³-hybridized carbons (Fsp3) is 0.389. The first-order valence-corrected chi connectivity index (χ1v) is 8.92. The highest BCUT2D eigenvalue weighted by Gasteiger charge is 2.52. The van der Waals surface area contributed by atoms with E-state index < -0.39 is 46.8 Å². The summed E-state index contributed by atoms with van der Waals surface area (Å²) >= 11 is 0. The molecule has 0 radical (unpaired) electrons. The van der Waals surface area contributed by atoms with Crippen molar-refractivity contribution in [3.8, 4) is 6.07 Å². The van der Waals surface area contributed by atoms with Crippen molar-refractivity contribution < 1.29 is 35.9 Å². The lowest BCUT2D eigenvalue weighted by molar-refractivity contribution is -0.145. The van der Waals surface area contributed by atoms with E-state index in [1.807, 2.05) is 0 Å². The Morgan fingerprint density at radius 2 is 1.72 bits per heavy atom. The number of carbonyl (C=O) groups is 2. The van der Waals surface area contributed by atoms with E-state index in [9.17, 15) is 35.9 Å². The van der Waals surface area contributed by atoms with Crippen LogP contribution in [0.2, 0.25) is 0 Å². The first kappa shape index (κ1) is 23.0. The molecule has 0 saturated carbocycles. The number of halogens is 6. The van der Waals surface area contributed by atoms with Gasteiger partial charge in [-0.05, 0) is 32.0 Å². The van der Waals surface area contributed by atoms with Crippen molar-refractivity contribution >= 4 is 17.6 Å². The van der Waals surface area contributed by atoms with Crippen molar-refractivity contribution in [1.29, 1.82) is 5.26 Å². The van der Waals surface area contributed by atoms with Crippen molar-refractivity contribution in [2.75, 3.05) is 11.4 Å². The topological polar surface area (TPSA) is 95.1 Å². The maximum Gasteiger partial charge on any atom is 0.453 e. The third kappa shape index (κ3) is 3.97. The van der Waals surface area contributed by atoms with Gasteiger partial charge in [-0.25, -0.2) is 14.7 Å². The highest BCUT2D eigenvalue weighted by atomic mass is 19.4. The molecule has 0 aliphatic carbocycles. The number of hydrogen-bond donors (Lipinski definition) is 0. The smallest absolute Gasteiger partial charge is 0.308 e. The van der Waals surface area contributed by atoms with Gasteiger partial charge in [0.15, 0.2) is 0 Å². The average molecular weight is 460 g/mol. The second-order valence-corrected chi connectivity index (χ2v) is 7.30. The number of benzene rings is 1. The predicted octanol–water partition coefficient (Wildman–Crippen LogP) is 3.43. The molecule has 1 aliphatic rings. The third-order valence-corrected chi connectivity index (χ3v) is 4.85. The van der Waals surface area contributed by atoms with Crippen molar-refractivity contribution in [1.82, 2.24) is 19.7 Å². The van der Waals surface area contributed by atoms with E-state index >= 15 is 0 Å². The van der Waals surface area contributed by atoms with E-state index in [-0.39, 0.29) is 18.8 Å². The van der Waals surface area contributed by atoms with Gasteiger partial charge in [0.2, 0.25) is 0 Å². The molecule has 3 rings (SSSR count). The van der Waals surface area contributed by atoms with E-state index in [4.69, 9.17) is 5.26 Å². The van der Waals surface area contributed by atoms with Crippen LogP contribution in [-0.2, 0) is 23.7 Å². The monoisotopic (exact) mass is 460 g/mol. The maximum atomic E-state index is 13.3. The molecule has 2 aromatic rings. The van der Waals surface area contributed by atoms with Crippen LogP contribution in [-0.4, -0.2) is 43.7 Å². The fourth-order valence-corrected chi connectivity index (χ4v) is 3.18. The van der Waals surface area contributed by atoms with Crippen molar-refractivity contribution in [2.45, 2.75) is 38.3 Å². The van der Waals surface area contributed by atoms with E-state index in [2.05, 4.69) is 10.1 Å². The Morgan fingerprint density at radius 3 is 2.25 bits per heavy atom. The Morgan fingerprint density at radius 1 is 1.06 bits per heavy atom. The molecular formula is C18H14F6N6O2. The minimum atomic E-state index is -4.90. The number of carbonyl (C=O) groups excluding carboxylic acids is 2. The summed E-state index contributed by atoms with van der Waals surface area (Å²) in [6.07, 6.45) is -8.84. The summed E-state index contributed by atoms with van der Waals surface area (Å²) in [5, 5.41) is 12.2. The summed E-state index contributed by atoms with van der Waals surface area (Å²) in [6, 6.07) is 2.86. The van der Waals surface area contributed by atoms with Crippen molar-refractivity contribution in [3.63, 3.8) is 0 Å². The molecule has 0 spiro atoms. The van der Waals surface area contributed by atoms with E-state index in [0.29, 0.717) is 11.0 Å². The average Bonchev–Trinajstić information content (AvgIpc) is 3.22. The summed E-state index contributed by atoms with van der Waals surface area (Å²) in [5.74, 6) is -2.21. The number of aromatic nitrogens is 3. The van der Waals surface area contributed by atoms with E-state index in [0.717, 1.165) is 28.0 Å². The summed E-state index contributed by atoms with van der Waals surface area (Å²) in [4.78, 5) is 30.4. The molecule has 170 valence electrons. The lowest BCUT2D eigenvalue weighted by atomic mass is 10.0. The van der Waals surface area contributed by atoms with Gasteiger partial charge in [0.25, 0.3) is 11.7 Å². The zero-order valence-electron chi connectivity index (χ0n) is 16.5. The van der Waals surface area contributed by atoms with Gasteiger partial charge in [0.05, 0.1) is 29.4 Å². The van der Waals surface area contributed by atoms with Gasteiger partial charge in [-0.2, -0.15) is 31.6 Å². The number of rotatable bonds is 4. The van der Waals surface area contributed by atoms with Crippen molar-refractivity contribution in [2.24, 2.45) is 0 Å². The number of nitriles is 1. The van der Waals surface area contributed by atoms with Crippen LogP contribution in [0.5, 0.6) is 0 Å². The number of hydrogen-bond acceptors (Lipinski definition) is 5. The maximum absolute atomic E-state index is 13.3. The van der Waals surface area contributed by atoms with Crippen LogP contribution in [0, 0.1) is 11.3 Å². The first-order valence-electron chi connectivity index (χ1n) is 8.92. The number of amides is 3. The summed E-state index contributed by atoms with van der Waals surface area (Å²) < 4.78 is 78.6. The Labute approximate surface area is 176 Å². The van der Waals surface area contributed by atoms with Gasteiger partial charge in [-0.1, -0.05) is 0 Å². The predicted molar refractivity (Wildman–Crippen MR) is 94.9 cm³/mol. The molecule has 1 aliphatic heterocycles. The Balaban J connectivity index is 1.89. The normalized spacial score (nSPS) is 16.6. The molecule has 32 heavy (non-hydrogen) atoms. The molecule has 2 heterocycles. The molecule has 1 fully saturated rings. The quantitative estimate of drug-likeness (QED) is 0.515. The van der Waals surface area contributed by atoms with Crippen LogP contribution in [0.4, 0.5) is 36.8 Å². The second kappa shape index (κ2) is 7.50. The van der Waals surface area contributed by atoms with Crippen LogP contribution < -0.4 is 4.90 Å². The molecule has 3 amide bonds. The summed E-state index contributed by atoms with van der Waals surface area (Å²) in [6.45, 7) is 2.19. The molecule has 8 nitrogen and oxygen atoms in total. The number of urea groups is 1. The fourth-order valence-electron chi connectivity index (χ4n) is 3.18. The second-order valence-electron chi connectivity index (χ2n) is 7.30. The number of anilines is 1. The SMILES string of the molecule is CC1(C)C(=O)N(c2ccc(C#N)c(C(F)(F)F)c2)C(=O)N1CCn1cnc(C(F)(F)F)n1. The van der Waals surface area contributed by atoms with Crippen molar-refractivity contribution in [3.05, 3.63) is 41.5 Å². The number of imide groups is 1. The van der Waals surface area contributed by atoms with Gasteiger partial charge in [-0.3, -0.25) is 9.48 Å². The molecular weight excluding hydrogens is 446 g/mol. The molecule has 0 bridgehead atoms. The molecule has 0 N–H and O–H groups in total. The van der Waals surface area contributed by atoms with Crippen LogP contribution in [0.3, 0.4) is 0 Å². The van der Waals surface area contributed by atoms with Crippen LogP contribution in [0.1, 0.15) is 30.8 Å². The summed E-state index contributed by atoms with van der Waals surface area (Å²) in [5.41, 5.74) is -3.88. The Bertz CT molecular complexity index is 1110. The third-order valence-electron chi connectivity index (χ3n) is 4.85. The van der Waals surface area contributed by atoms with Gasteiger partial charge >= 0.3 is 18.4 Å². The molecule has 0 unspecified atom stereocenters. The van der Waals surface area contributed by atoms with Gasteiger partial charge in [-0.15, -0.1) is 5.10 Å². The van der Waals surface area contributed by atoms with Crippen LogP contribution in [0.25, 0.3) is 0 Å². The summed E-state index contributed by atoms with van der Waals surface area (Å²) in [7, 11) is 0. The lowest BCUT2D eigenvalue weighted by Gasteiger charge is -2.27. The zero-order valence-corrected chi connectivity index (χ0v) is 16.5. The zero-order chi connectivity index (χ0) is 24.1. The molecule has 1 aromatic carbocycles. The largest absolute Gasteiger partial charge is 0.453 e. The minimum absolute atomic E-state index is 0.249. The van der Waals surface area contributed by atoms with Gasteiger partial charge in [0, 0.05) is 6.54 Å². The molecule has 1 aromatic heterocycles. The van der Waals surface area contributed by atoms with Crippen LogP contribution >= 0.6 is 0 Å². The number of alkyl halides is 6. The minimum Gasteiger partial charge on any atom is -0.308 e. The molecule has 1 saturated heterocycles. The van der Waals surface area contributed by atoms with Crippen LogP contribution in [0.15, 0.2) is 24.5 Å². The lowest BCUT2D eigenvalue weighted by Crippen LogP contribution is -2.45. The standard InChI is InChI=1S/C18H14F6N6O2/c1-16(2)14(31)30(11-4-3-10(8-25)12(7-11)17(19,20)21)15(32)29(16)6-5-28-9-26-13(27-28)18(22,23)24/h3-4,7,9H,5-6H2,1-2H3. The number of nitrogens with zero attached hydrogens (tertiary/aromatic N) is 6. The van der Waals surface area contributed by atoms with E-state index in [1.54, 1.807) is 0 Å². The van der Waals surface area contributed by atoms with Gasteiger partial charge < -0.3 is 4.90 Å². The first-order chi connectivity index (χ1) is 14.7. The highest BCUT2D eigenvalue weighted by molar-refractivity contribution is 6.23. The Hall–Kier alpha value is -3.63. The highest BCUT2D eigenvalue weighted by Crippen LogP contribution is 2.37. The van der Waals surface area contributed by atoms with E-state index in [1.165, 1.54) is 19.9 Å². The Kier molecular flexibility index (Phi) is 5.40. The molecule has 14 heteroatoms. The molecule has 0 atom stereocenters. The van der Waals surface area contributed by atoms with Gasteiger partial charge in [0.1, 0.15) is 11.9 Å².